The summed E-state index contributed by atoms with van der Waals surface area (Å²) in [6.07, 6.45) is 4.60. The number of benzene rings is 2. The molecule has 2 N–H and O–H groups in total. The van der Waals surface area contributed by atoms with Gasteiger partial charge in [0.05, 0.1) is 0 Å². The van der Waals surface area contributed by atoms with E-state index in [1.165, 1.54) is 11.1 Å². The second kappa shape index (κ2) is 5.26. The summed E-state index contributed by atoms with van der Waals surface area (Å²) in [5, 5.41) is 0. The third kappa shape index (κ3) is 2.30. The first-order chi connectivity index (χ1) is 11.1. The lowest BCUT2D eigenvalue weighted by atomic mass is 9.66. The van der Waals surface area contributed by atoms with E-state index < -0.39 is 0 Å². The van der Waals surface area contributed by atoms with Crippen LogP contribution in [0.15, 0.2) is 42.5 Å². The molecule has 4 rings (SSSR count). The summed E-state index contributed by atoms with van der Waals surface area (Å²) in [5.41, 5.74) is 11.0. The first-order valence-electron chi connectivity index (χ1n) is 8.45. The highest BCUT2D eigenvalue weighted by Gasteiger charge is 2.44. The molecule has 0 aromatic heterocycles. The van der Waals surface area contributed by atoms with E-state index in [4.69, 9.17) is 5.73 Å². The van der Waals surface area contributed by atoms with Crippen LogP contribution >= 0.6 is 0 Å². The van der Waals surface area contributed by atoms with Crippen LogP contribution in [0.4, 0.5) is 15.8 Å². The molecular weight excluding hydrogens is 287 g/mol. The molecule has 120 valence electrons. The molecule has 23 heavy (non-hydrogen) atoms. The monoisotopic (exact) mass is 310 g/mol. The molecule has 1 fully saturated rings. The number of nitrogens with two attached hydrogens (primary N) is 1. The summed E-state index contributed by atoms with van der Waals surface area (Å²) in [5.74, 6) is 0.412. The van der Waals surface area contributed by atoms with Crippen LogP contribution in [0.2, 0.25) is 0 Å². The Morgan fingerprint density at radius 2 is 1.87 bits per heavy atom. The van der Waals surface area contributed by atoms with E-state index in [1.54, 1.807) is 12.1 Å². The van der Waals surface area contributed by atoms with E-state index in [0.717, 1.165) is 43.6 Å². The summed E-state index contributed by atoms with van der Waals surface area (Å²) in [4.78, 5) is 2.22. The summed E-state index contributed by atoms with van der Waals surface area (Å²) >= 11 is 0. The predicted octanol–water partition coefficient (Wildman–Crippen LogP) is 4.45. The van der Waals surface area contributed by atoms with Gasteiger partial charge in [0.1, 0.15) is 5.82 Å². The molecule has 1 aliphatic heterocycles. The minimum Gasteiger partial charge on any atom is -0.398 e. The second-order valence-electron chi connectivity index (χ2n) is 7.20. The van der Waals surface area contributed by atoms with E-state index in [1.807, 2.05) is 18.2 Å². The third-order valence-electron chi connectivity index (χ3n) is 5.86. The number of halogens is 1. The maximum Gasteiger partial charge on any atom is 0.125 e. The number of para-hydroxylation sites is 1. The second-order valence-corrected chi connectivity index (χ2v) is 7.20. The first-order valence-corrected chi connectivity index (χ1v) is 8.45. The lowest BCUT2D eigenvalue weighted by Gasteiger charge is -2.38. The van der Waals surface area contributed by atoms with Gasteiger partial charge >= 0.3 is 0 Å². The fraction of sp³-hybridized carbons (Fsp3) is 0.400. The van der Waals surface area contributed by atoms with E-state index >= 15 is 0 Å². The maximum atomic E-state index is 13.6. The number of fused-ring (bicyclic) bond motifs is 2. The molecule has 1 saturated carbocycles. The molecule has 2 aromatic carbocycles. The summed E-state index contributed by atoms with van der Waals surface area (Å²) in [7, 11) is 2.08. The fourth-order valence-corrected chi connectivity index (χ4v) is 4.68. The van der Waals surface area contributed by atoms with Crippen molar-refractivity contribution in [3.05, 3.63) is 59.4 Å². The van der Waals surface area contributed by atoms with Crippen molar-refractivity contribution in [1.29, 1.82) is 0 Å². The van der Waals surface area contributed by atoms with Crippen LogP contribution < -0.4 is 10.6 Å². The van der Waals surface area contributed by atoms with Gasteiger partial charge in [-0.2, -0.15) is 0 Å². The normalized spacial score (nSPS) is 26.5. The molecule has 0 unspecified atom stereocenters. The first kappa shape index (κ1) is 14.6. The predicted molar refractivity (Wildman–Crippen MR) is 93.4 cm³/mol. The van der Waals surface area contributed by atoms with E-state index in [-0.39, 0.29) is 11.2 Å². The number of nitrogen functional groups attached to an aromatic ring is 1. The van der Waals surface area contributed by atoms with Crippen molar-refractivity contribution < 1.29 is 4.39 Å². The van der Waals surface area contributed by atoms with Crippen LogP contribution in [0.25, 0.3) is 0 Å². The molecule has 1 aliphatic carbocycles. The molecule has 0 amide bonds. The Labute approximate surface area is 137 Å². The van der Waals surface area contributed by atoms with Gasteiger partial charge in [-0.25, -0.2) is 4.39 Å². The number of anilines is 2. The van der Waals surface area contributed by atoms with E-state index in [2.05, 4.69) is 24.1 Å². The van der Waals surface area contributed by atoms with Gasteiger partial charge in [-0.05, 0) is 60.9 Å². The van der Waals surface area contributed by atoms with Gasteiger partial charge in [-0.1, -0.05) is 24.3 Å². The standard InChI is InChI=1S/C20H23FN2/c1-23-13-20(17-7-6-15(21)12-19(17)23)10-8-14(9-11-20)16-4-2-3-5-18(16)22/h2-7,12,14H,8-11,13,22H2,1H3. The Kier molecular flexibility index (Phi) is 3.33. The van der Waals surface area contributed by atoms with Crippen molar-refractivity contribution in [3.8, 4) is 0 Å². The molecule has 0 saturated heterocycles. The molecule has 0 radical (unpaired) electrons. The van der Waals surface area contributed by atoms with Gasteiger partial charge in [0, 0.05) is 30.4 Å². The van der Waals surface area contributed by atoms with Crippen molar-refractivity contribution in [3.63, 3.8) is 0 Å². The topological polar surface area (TPSA) is 29.3 Å². The molecule has 2 aromatic rings. The Morgan fingerprint density at radius 1 is 1.13 bits per heavy atom. The molecule has 2 nitrogen and oxygen atoms in total. The number of rotatable bonds is 1. The van der Waals surface area contributed by atoms with Gasteiger partial charge in [0.15, 0.2) is 0 Å². The molecule has 1 spiro atoms. The van der Waals surface area contributed by atoms with Gasteiger partial charge in [0.2, 0.25) is 0 Å². The van der Waals surface area contributed by atoms with Crippen molar-refractivity contribution in [1.82, 2.24) is 0 Å². The zero-order valence-corrected chi connectivity index (χ0v) is 13.6. The minimum atomic E-state index is -0.140. The maximum absolute atomic E-state index is 13.6. The van der Waals surface area contributed by atoms with E-state index in [0.29, 0.717) is 5.92 Å². The zero-order valence-electron chi connectivity index (χ0n) is 13.6. The molecule has 0 bridgehead atoms. The zero-order chi connectivity index (χ0) is 16.0. The van der Waals surface area contributed by atoms with Gasteiger partial charge in [0.25, 0.3) is 0 Å². The highest BCUT2D eigenvalue weighted by atomic mass is 19.1. The average molecular weight is 310 g/mol. The van der Waals surface area contributed by atoms with Crippen LogP contribution in [0.1, 0.15) is 42.7 Å². The number of hydrogen-bond acceptors (Lipinski definition) is 2. The Morgan fingerprint density at radius 3 is 2.61 bits per heavy atom. The van der Waals surface area contributed by atoms with Crippen LogP contribution in [0, 0.1) is 5.82 Å². The van der Waals surface area contributed by atoms with Crippen molar-refractivity contribution in [2.45, 2.75) is 37.0 Å². The summed E-state index contributed by atoms with van der Waals surface area (Å²) < 4.78 is 13.6. The molecule has 3 heteroatoms. The molecule has 1 heterocycles. The lowest BCUT2D eigenvalue weighted by Crippen LogP contribution is -2.35. The number of hydrogen-bond donors (Lipinski definition) is 1. The Bertz CT molecular complexity index is 732. The largest absolute Gasteiger partial charge is 0.398 e. The summed E-state index contributed by atoms with van der Waals surface area (Å²) in [6, 6.07) is 13.6. The van der Waals surface area contributed by atoms with Crippen LogP contribution in [0.3, 0.4) is 0 Å². The van der Waals surface area contributed by atoms with Crippen LogP contribution in [-0.4, -0.2) is 13.6 Å². The fourth-order valence-electron chi connectivity index (χ4n) is 4.68. The van der Waals surface area contributed by atoms with Crippen molar-refractivity contribution >= 4 is 11.4 Å². The molecule has 2 aliphatic rings. The summed E-state index contributed by atoms with van der Waals surface area (Å²) in [6.45, 7) is 1.00. The minimum absolute atomic E-state index is 0.140. The van der Waals surface area contributed by atoms with Crippen molar-refractivity contribution in [2.75, 3.05) is 24.2 Å². The lowest BCUT2D eigenvalue weighted by molar-refractivity contribution is 0.286. The molecular formula is C20H23FN2. The van der Waals surface area contributed by atoms with Gasteiger partial charge < -0.3 is 10.6 Å². The SMILES string of the molecule is CN1CC2(CCC(c3ccccc3N)CC2)c2ccc(F)cc21. The van der Waals surface area contributed by atoms with Crippen LogP contribution in [-0.2, 0) is 5.41 Å². The Balaban J connectivity index is 1.60. The average Bonchev–Trinajstić information content (AvgIpc) is 2.81. The quantitative estimate of drug-likeness (QED) is 0.788. The van der Waals surface area contributed by atoms with Gasteiger partial charge in [-0.3, -0.25) is 0 Å². The highest BCUT2D eigenvalue weighted by Crippen LogP contribution is 2.52. The van der Waals surface area contributed by atoms with Crippen LogP contribution in [0.5, 0.6) is 0 Å². The van der Waals surface area contributed by atoms with Gasteiger partial charge in [-0.15, -0.1) is 0 Å². The smallest absolute Gasteiger partial charge is 0.125 e. The Hall–Kier alpha value is -2.03. The molecule has 0 atom stereocenters. The third-order valence-corrected chi connectivity index (χ3v) is 5.86. The number of nitrogens with zero attached hydrogens (tertiary/aromatic N) is 1. The highest BCUT2D eigenvalue weighted by molar-refractivity contribution is 5.62. The van der Waals surface area contributed by atoms with Crippen molar-refractivity contribution in [2.24, 2.45) is 0 Å². The van der Waals surface area contributed by atoms with E-state index in [9.17, 15) is 4.39 Å². The number of likely N-dealkylation sites (N-methyl/N-ethyl adjacent to an activating group) is 1.